The smallest absolute Gasteiger partial charge is 0.287 e. The summed E-state index contributed by atoms with van der Waals surface area (Å²) in [4.78, 5) is 10.1. The van der Waals surface area contributed by atoms with Crippen LogP contribution in [0.5, 0.6) is 0 Å². The van der Waals surface area contributed by atoms with Crippen LogP contribution in [0.4, 0.5) is 11.4 Å². The first-order valence-electron chi connectivity index (χ1n) is 5.69. The highest BCUT2D eigenvalue weighted by Crippen LogP contribution is 2.21. The van der Waals surface area contributed by atoms with E-state index >= 15 is 0 Å². The lowest BCUT2D eigenvalue weighted by molar-refractivity contribution is -0.385. The quantitative estimate of drug-likeness (QED) is 0.352. The first-order valence-corrected chi connectivity index (χ1v) is 5.69. The van der Waals surface area contributed by atoms with Crippen molar-refractivity contribution in [1.29, 1.82) is 5.26 Å². The summed E-state index contributed by atoms with van der Waals surface area (Å²) in [6.07, 6.45) is 0. The van der Waals surface area contributed by atoms with E-state index in [-0.39, 0.29) is 11.3 Å². The summed E-state index contributed by atoms with van der Waals surface area (Å²) in [5.74, 6) is 0. The van der Waals surface area contributed by atoms with Crippen molar-refractivity contribution in [2.45, 2.75) is 6.92 Å². The number of nitro benzene ring substituents is 1. The molecule has 0 bridgehead atoms. The normalized spacial score (nSPS) is 9.68. The van der Waals surface area contributed by atoms with Crippen molar-refractivity contribution in [3.63, 3.8) is 0 Å². The molecule has 0 aliphatic carbocycles. The fourth-order valence-corrected chi connectivity index (χ4v) is 1.41. The molecule has 0 unspecified atom stereocenters. The number of hydrogen-bond donors (Lipinski definition) is 1. The van der Waals surface area contributed by atoms with Gasteiger partial charge in [-0.3, -0.25) is 10.1 Å². The zero-order valence-corrected chi connectivity index (χ0v) is 10.7. The Balaban J connectivity index is 2.54. The van der Waals surface area contributed by atoms with Gasteiger partial charge in [-0.2, -0.15) is 5.26 Å². The molecule has 1 aromatic rings. The van der Waals surface area contributed by atoms with Crippen molar-refractivity contribution in [3.05, 3.63) is 46.0 Å². The van der Waals surface area contributed by atoms with E-state index in [0.29, 0.717) is 25.4 Å². The number of nitrogens with zero attached hydrogens (tertiary/aromatic N) is 2. The van der Waals surface area contributed by atoms with Crippen LogP contribution in [0.3, 0.4) is 0 Å². The van der Waals surface area contributed by atoms with Gasteiger partial charge in [-0.25, -0.2) is 0 Å². The Labute approximate surface area is 111 Å². The maximum absolute atomic E-state index is 10.7. The van der Waals surface area contributed by atoms with Gasteiger partial charge in [-0.1, -0.05) is 12.2 Å². The molecule has 0 aliphatic heterocycles. The minimum absolute atomic E-state index is 0.0397. The van der Waals surface area contributed by atoms with E-state index in [2.05, 4.69) is 11.9 Å². The van der Waals surface area contributed by atoms with Crippen LogP contribution in [0.2, 0.25) is 0 Å². The van der Waals surface area contributed by atoms with E-state index in [9.17, 15) is 10.1 Å². The number of hydrogen-bond acceptors (Lipinski definition) is 5. The van der Waals surface area contributed by atoms with Gasteiger partial charge in [0.05, 0.1) is 18.1 Å². The van der Waals surface area contributed by atoms with E-state index in [1.807, 2.05) is 13.0 Å². The fraction of sp³-hybridized carbons (Fsp3) is 0.308. The van der Waals surface area contributed by atoms with Gasteiger partial charge in [0.15, 0.2) is 0 Å². The molecule has 0 aromatic heterocycles. The summed E-state index contributed by atoms with van der Waals surface area (Å²) >= 11 is 0. The van der Waals surface area contributed by atoms with Gasteiger partial charge < -0.3 is 10.1 Å². The molecule has 19 heavy (non-hydrogen) atoms. The zero-order valence-electron chi connectivity index (χ0n) is 10.7. The van der Waals surface area contributed by atoms with Gasteiger partial charge in [-0.05, 0) is 19.1 Å². The molecule has 100 valence electrons. The Kier molecular flexibility index (Phi) is 5.51. The lowest BCUT2D eigenvalue weighted by Crippen LogP contribution is -2.10. The summed E-state index contributed by atoms with van der Waals surface area (Å²) in [6.45, 7) is 7.14. The third-order valence-corrected chi connectivity index (χ3v) is 2.24. The third kappa shape index (κ3) is 4.77. The predicted octanol–water partition coefficient (Wildman–Crippen LogP) is 2.47. The van der Waals surface area contributed by atoms with Gasteiger partial charge in [0.25, 0.3) is 5.69 Å². The summed E-state index contributed by atoms with van der Waals surface area (Å²) in [6, 6.07) is 6.15. The van der Waals surface area contributed by atoms with Crippen molar-refractivity contribution < 1.29 is 9.66 Å². The number of ether oxygens (including phenoxy) is 1. The van der Waals surface area contributed by atoms with Gasteiger partial charge in [0.1, 0.15) is 11.6 Å². The van der Waals surface area contributed by atoms with E-state index in [4.69, 9.17) is 10.00 Å². The average Bonchev–Trinajstić information content (AvgIpc) is 2.37. The Hall–Kier alpha value is -2.39. The number of nitriles is 1. The Morgan fingerprint density at radius 2 is 2.37 bits per heavy atom. The molecule has 0 saturated heterocycles. The van der Waals surface area contributed by atoms with Crippen molar-refractivity contribution in [2.75, 3.05) is 25.1 Å². The Morgan fingerprint density at radius 3 is 2.95 bits per heavy atom. The Bertz CT molecular complexity index is 520. The van der Waals surface area contributed by atoms with E-state index < -0.39 is 4.92 Å². The lowest BCUT2D eigenvalue weighted by Gasteiger charge is -2.07. The van der Waals surface area contributed by atoms with Crippen molar-refractivity contribution in [1.82, 2.24) is 0 Å². The molecule has 0 fully saturated rings. The number of anilines is 1. The third-order valence-electron chi connectivity index (χ3n) is 2.24. The second kappa shape index (κ2) is 7.13. The molecule has 1 N–H and O–H groups in total. The molecule has 0 heterocycles. The van der Waals surface area contributed by atoms with Crippen LogP contribution in [0.25, 0.3) is 0 Å². The van der Waals surface area contributed by atoms with Gasteiger partial charge in [0.2, 0.25) is 0 Å². The molecule has 1 aromatic carbocycles. The predicted molar refractivity (Wildman–Crippen MR) is 71.9 cm³/mol. The van der Waals surface area contributed by atoms with Crippen molar-refractivity contribution in [2.24, 2.45) is 0 Å². The van der Waals surface area contributed by atoms with E-state index in [1.54, 1.807) is 6.07 Å². The first kappa shape index (κ1) is 14.7. The molecule has 0 saturated carbocycles. The van der Waals surface area contributed by atoms with Crippen LogP contribution in [0.15, 0.2) is 30.4 Å². The van der Waals surface area contributed by atoms with E-state index in [1.165, 1.54) is 12.1 Å². The second-order valence-electron chi connectivity index (χ2n) is 4.04. The van der Waals surface area contributed by atoms with Crippen molar-refractivity contribution >= 4 is 11.4 Å². The maximum Gasteiger partial charge on any atom is 0.287 e. The van der Waals surface area contributed by atoms with Crippen molar-refractivity contribution in [3.8, 4) is 6.07 Å². The molecular formula is C13H15N3O3. The van der Waals surface area contributed by atoms with Crippen LogP contribution in [0, 0.1) is 21.4 Å². The van der Waals surface area contributed by atoms with Gasteiger partial charge in [0, 0.05) is 18.3 Å². The summed E-state index contributed by atoms with van der Waals surface area (Å²) in [7, 11) is 0. The molecule has 0 radical (unpaired) electrons. The number of rotatable bonds is 7. The molecule has 0 aliphatic rings. The zero-order chi connectivity index (χ0) is 14.3. The highest BCUT2D eigenvalue weighted by Gasteiger charge is 2.13. The molecule has 6 nitrogen and oxygen atoms in total. The average molecular weight is 261 g/mol. The second-order valence-corrected chi connectivity index (χ2v) is 4.04. The lowest BCUT2D eigenvalue weighted by atomic mass is 10.2. The van der Waals surface area contributed by atoms with E-state index in [0.717, 1.165) is 5.57 Å². The molecule has 6 heteroatoms. The van der Waals surface area contributed by atoms with Crippen LogP contribution >= 0.6 is 0 Å². The molecule has 0 amide bonds. The molecule has 0 atom stereocenters. The topological polar surface area (TPSA) is 88.2 Å². The monoisotopic (exact) mass is 261 g/mol. The first-order chi connectivity index (χ1) is 9.04. The molecular weight excluding hydrogens is 246 g/mol. The largest absolute Gasteiger partial charge is 0.383 e. The standard InChI is InChI=1S/C13H15N3O3/c1-10(2)9-19-6-5-15-12-3-4-13(16(17)18)11(7-12)8-14/h3-4,7,15H,1,5-6,9H2,2H3. The van der Waals surface area contributed by atoms with Crippen LogP contribution in [0.1, 0.15) is 12.5 Å². The maximum atomic E-state index is 10.7. The summed E-state index contributed by atoms with van der Waals surface area (Å²) < 4.78 is 5.30. The summed E-state index contributed by atoms with van der Waals surface area (Å²) in [5, 5.41) is 22.5. The number of nitro groups is 1. The minimum Gasteiger partial charge on any atom is -0.383 e. The highest BCUT2D eigenvalue weighted by atomic mass is 16.6. The highest BCUT2D eigenvalue weighted by molar-refractivity contribution is 5.58. The van der Waals surface area contributed by atoms with Crippen LogP contribution in [-0.4, -0.2) is 24.7 Å². The minimum atomic E-state index is -0.571. The SMILES string of the molecule is C=C(C)COCCNc1ccc([N+](=O)[O-])c(C#N)c1. The van der Waals surface area contributed by atoms with Gasteiger partial charge in [-0.15, -0.1) is 0 Å². The van der Waals surface area contributed by atoms with Gasteiger partial charge >= 0.3 is 0 Å². The fourth-order valence-electron chi connectivity index (χ4n) is 1.41. The molecule has 0 spiro atoms. The molecule has 1 rings (SSSR count). The van der Waals surface area contributed by atoms with Crippen LogP contribution < -0.4 is 5.32 Å². The summed E-state index contributed by atoms with van der Waals surface area (Å²) in [5.41, 5.74) is 1.45. The van der Waals surface area contributed by atoms with Crippen LogP contribution in [-0.2, 0) is 4.74 Å². The Morgan fingerprint density at radius 1 is 1.63 bits per heavy atom. The number of benzene rings is 1. The number of nitrogens with one attached hydrogen (secondary N) is 1.